The molecule has 24 heavy (non-hydrogen) atoms. The largest absolute Gasteiger partial charge is 0.310 e. The van der Waals surface area contributed by atoms with E-state index in [4.69, 9.17) is 0 Å². The lowest BCUT2D eigenvalue weighted by Gasteiger charge is -2.20. The van der Waals surface area contributed by atoms with E-state index in [1.807, 2.05) is 0 Å². The van der Waals surface area contributed by atoms with Crippen LogP contribution in [0.5, 0.6) is 0 Å². The molecule has 0 bridgehead atoms. The summed E-state index contributed by atoms with van der Waals surface area (Å²) < 4.78 is 29.8. The van der Waals surface area contributed by atoms with Gasteiger partial charge in [0.25, 0.3) is 10.0 Å². The van der Waals surface area contributed by atoms with Gasteiger partial charge in [-0.25, -0.2) is 8.42 Å². The Hall–Kier alpha value is -2.35. The number of nitrogens with zero attached hydrogens (tertiary/aromatic N) is 3. The number of hydrogen-bond acceptors (Lipinski definition) is 4. The minimum Gasteiger partial charge on any atom is -0.310 e. The van der Waals surface area contributed by atoms with E-state index in [0.717, 1.165) is 6.42 Å². The van der Waals surface area contributed by atoms with Crippen LogP contribution in [0.3, 0.4) is 0 Å². The van der Waals surface area contributed by atoms with Gasteiger partial charge in [0, 0.05) is 20.0 Å². The topological polar surface area (TPSA) is 84.3 Å². The van der Waals surface area contributed by atoms with Crippen molar-refractivity contribution in [3.8, 4) is 0 Å². The van der Waals surface area contributed by atoms with E-state index in [1.165, 1.54) is 0 Å². The van der Waals surface area contributed by atoms with Crippen molar-refractivity contribution < 1.29 is 13.2 Å². The zero-order valence-electron chi connectivity index (χ0n) is 13.9. The van der Waals surface area contributed by atoms with Gasteiger partial charge in [-0.05, 0) is 32.4 Å². The smallest absolute Gasteiger partial charge is 0.265 e. The Labute approximate surface area is 141 Å². The second kappa shape index (κ2) is 5.94. The van der Waals surface area contributed by atoms with Crippen LogP contribution in [0.25, 0.3) is 0 Å². The van der Waals surface area contributed by atoms with Gasteiger partial charge in [-0.3, -0.25) is 14.2 Å². The van der Waals surface area contributed by atoms with Crippen molar-refractivity contribution in [2.24, 2.45) is 7.05 Å². The fourth-order valence-corrected chi connectivity index (χ4v) is 4.55. The molecule has 0 aliphatic carbocycles. The van der Waals surface area contributed by atoms with Crippen LogP contribution in [0.2, 0.25) is 0 Å². The number of hydrogen-bond donors (Lipinski definition) is 1. The number of anilines is 2. The number of para-hydroxylation sites is 2. The van der Waals surface area contributed by atoms with E-state index in [2.05, 4.69) is 9.82 Å². The van der Waals surface area contributed by atoms with E-state index in [0.29, 0.717) is 35.7 Å². The number of rotatable bonds is 4. The van der Waals surface area contributed by atoms with Crippen LogP contribution in [-0.4, -0.2) is 30.7 Å². The fourth-order valence-electron chi connectivity index (χ4n) is 3.04. The van der Waals surface area contributed by atoms with Crippen molar-refractivity contribution in [2.45, 2.75) is 31.6 Å². The molecule has 1 N–H and O–H groups in total. The Morgan fingerprint density at radius 1 is 1.21 bits per heavy atom. The lowest BCUT2D eigenvalue weighted by atomic mass is 10.2. The molecule has 8 heteroatoms. The standard InChI is InChI=1S/C16H20N4O3S/c1-11-16(12(2)19(3)17-11)24(22,23)18-13-7-4-5-8-14(13)20-10-6-9-15(20)21/h4-5,7-8,18H,6,9-10H2,1-3H3. The van der Waals surface area contributed by atoms with Crippen LogP contribution in [0, 0.1) is 13.8 Å². The van der Waals surface area contributed by atoms with Gasteiger partial charge in [-0.1, -0.05) is 12.1 Å². The molecule has 2 heterocycles. The van der Waals surface area contributed by atoms with Crippen molar-refractivity contribution in [1.29, 1.82) is 0 Å². The number of nitrogens with one attached hydrogen (secondary N) is 1. The number of aromatic nitrogens is 2. The predicted octanol–water partition coefficient (Wildman–Crippen LogP) is 1.96. The molecule has 0 spiro atoms. The lowest BCUT2D eigenvalue weighted by Crippen LogP contribution is -2.25. The monoisotopic (exact) mass is 348 g/mol. The van der Waals surface area contributed by atoms with Crippen LogP contribution >= 0.6 is 0 Å². The highest BCUT2D eigenvalue weighted by molar-refractivity contribution is 7.92. The SMILES string of the molecule is Cc1nn(C)c(C)c1S(=O)(=O)Nc1ccccc1N1CCCC1=O. The first-order valence-corrected chi connectivity index (χ1v) is 9.22. The maximum atomic E-state index is 12.8. The number of amides is 1. The van der Waals surface area contributed by atoms with Crippen molar-refractivity contribution in [3.63, 3.8) is 0 Å². The molecule has 0 radical (unpaired) electrons. The van der Waals surface area contributed by atoms with Crippen molar-refractivity contribution in [1.82, 2.24) is 9.78 Å². The molecule has 1 aromatic heterocycles. The van der Waals surface area contributed by atoms with Crippen LogP contribution in [0.15, 0.2) is 29.2 Å². The summed E-state index contributed by atoms with van der Waals surface area (Å²) in [5.74, 6) is 0.00962. The number of benzene rings is 1. The van der Waals surface area contributed by atoms with E-state index < -0.39 is 10.0 Å². The molecule has 1 aromatic carbocycles. The minimum absolute atomic E-state index is 0.00962. The average Bonchev–Trinajstić information content (AvgIpc) is 3.03. The van der Waals surface area contributed by atoms with E-state index in [9.17, 15) is 13.2 Å². The fraction of sp³-hybridized carbons (Fsp3) is 0.375. The highest BCUT2D eigenvalue weighted by Gasteiger charge is 2.28. The molecular formula is C16H20N4O3S. The van der Waals surface area contributed by atoms with Gasteiger partial charge in [-0.2, -0.15) is 5.10 Å². The van der Waals surface area contributed by atoms with Crippen molar-refractivity contribution in [3.05, 3.63) is 35.7 Å². The maximum Gasteiger partial charge on any atom is 0.265 e. The lowest BCUT2D eigenvalue weighted by molar-refractivity contribution is -0.117. The first-order chi connectivity index (χ1) is 11.3. The van der Waals surface area contributed by atoms with Gasteiger partial charge in [0.1, 0.15) is 4.90 Å². The maximum absolute atomic E-state index is 12.8. The molecule has 128 valence electrons. The predicted molar refractivity (Wildman–Crippen MR) is 91.5 cm³/mol. The summed E-state index contributed by atoms with van der Waals surface area (Å²) in [5, 5.41) is 4.16. The summed E-state index contributed by atoms with van der Waals surface area (Å²) in [6.07, 6.45) is 1.27. The first kappa shape index (κ1) is 16.5. The molecule has 1 aliphatic rings. The van der Waals surface area contributed by atoms with Gasteiger partial charge in [-0.15, -0.1) is 0 Å². The van der Waals surface area contributed by atoms with Gasteiger partial charge >= 0.3 is 0 Å². The Morgan fingerprint density at radius 2 is 1.92 bits per heavy atom. The zero-order valence-corrected chi connectivity index (χ0v) is 14.7. The van der Waals surface area contributed by atoms with E-state index in [1.54, 1.807) is 54.7 Å². The number of carbonyl (C=O) groups is 1. The molecule has 2 aromatic rings. The molecule has 7 nitrogen and oxygen atoms in total. The summed E-state index contributed by atoms with van der Waals surface area (Å²) in [6.45, 7) is 3.98. The van der Waals surface area contributed by atoms with E-state index in [-0.39, 0.29) is 10.8 Å². The van der Waals surface area contributed by atoms with Crippen molar-refractivity contribution in [2.75, 3.05) is 16.2 Å². The first-order valence-electron chi connectivity index (χ1n) is 7.73. The normalized spacial score (nSPS) is 15.1. The summed E-state index contributed by atoms with van der Waals surface area (Å²) in [7, 11) is -2.09. The molecular weight excluding hydrogens is 328 g/mol. The van der Waals surface area contributed by atoms with Gasteiger partial charge in [0.05, 0.1) is 22.8 Å². The third-order valence-corrected chi connectivity index (χ3v) is 5.84. The molecule has 1 fully saturated rings. The van der Waals surface area contributed by atoms with Gasteiger partial charge in [0.2, 0.25) is 5.91 Å². The molecule has 1 aliphatic heterocycles. The quantitative estimate of drug-likeness (QED) is 0.915. The Morgan fingerprint density at radius 3 is 2.50 bits per heavy atom. The average molecular weight is 348 g/mol. The summed E-state index contributed by atoms with van der Waals surface area (Å²) in [6, 6.07) is 6.95. The Bertz CT molecular complexity index is 902. The van der Waals surface area contributed by atoms with Crippen LogP contribution in [0.4, 0.5) is 11.4 Å². The van der Waals surface area contributed by atoms with Gasteiger partial charge < -0.3 is 4.90 Å². The Balaban J connectivity index is 2.01. The Kier molecular flexibility index (Phi) is 4.08. The molecule has 0 atom stereocenters. The van der Waals surface area contributed by atoms with Crippen molar-refractivity contribution >= 4 is 27.3 Å². The highest BCUT2D eigenvalue weighted by atomic mass is 32.2. The molecule has 3 rings (SSSR count). The second-order valence-electron chi connectivity index (χ2n) is 5.90. The van der Waals surface area contributed by atoms with Gasteiger partial charge in [0.15, 0.2) is 0 Å². The summed E-state index contributed by atoms with van der Waals surface area (Å²) >= 11 is 0. The number of sulfonamides is 1. The number of carbonyl (C=O) groups excluding carboxylic acids is 1. The zero-order chi connectivity index (χ0) is 17.5. The molecule has 1 saturated heterocycles. The third kappa shape index (κ3) is 2.77. The molecule has 0 saturated carbocycles. The number of aryl methyl sites for hydroxylation is 2. The summed E-state index contributed by atoms with van der Waals surface area (Å²) in [4.78, 5) is 13.8. The second-order valence-corrected chi connectivity index (χ2v) is 7.51. The minimum atomic E-state index is -3.79. The highest BCUT2D eigenvalue weighted by Crippen LogP contribution is 2.31. The van der Waals surface area contributed by atoms with Crippen LogP contribution < -0.4 is 9.62 Å². The third-order valence-electron chi connectivity index (χ3n) is 4.22. The van der Waals surface area contributed by atoms with Crippen LogP contribution in [-0.2, 0) is 21.9 Å². The summed E-state index contributed by atoms with van der Waals surface area (Å²) in [5.41, 5.74) is 1.99. The van der Waals surface area contributed by atoms with E-state index >= 15 is 0 Å². The molecule has 1 amide bonds. The molecule has 0 unspecified atom stereocenters. The van der Waals surface area contributed by atoms with Crippen LogP contribution in [0.1, 0.15) is 24.2 Å².